The molecule has 1 aliphatic rings. The molecule has 0 spiro atoms. The van der Waals surface area contributed by atoms with Crippen LogP contribution in [0.15, 0.2) is 72.9 Å². The van der Waals surface area contributed by atoms with Gasteiger partial charge < -0.3 is 14.6 Å². The monoisotopic (exact) mass is 429 g/mol. The van der Waals surface area contributed by atoms with E-state index in [1.807, 2.05) is 59.6 Å². The molecule has 0 bridgehead atoms. The number of halogens is 1. The van der Waals surface area contributed by atoms with Gasteiger partial charge in [-0.15, -0.1) is 0 Å². The molecule has 6 heteroatoms. The van der Waals surface area contributed by atoms with E-state index in [1.165, 1.54) is 6.07 Å². The molecule has 1 amide bonds. The summed E-state index contributed by atoms with van der Waals surface area (Å²) in [6, 6.07) is 20.4. The molecule has 0 radical (unpaired) electrons. The lowest BCUT2D eigenvalue weighted by atomic mass is 10.1. The molecule has 5 nitrogen and oxygen atoms in total. The Morgan fingerprint density at radius 3 is 2.81 bits per heavy atom. The average molecular weight is 429 g/mol. The Morgan fingerprint density at radius 1 is 1.06 bits per heavy atom. The van der Waals surface area contributed by atoms with Gasteiger partial charge in [-0.05, 0) is 35.4 Å². The van der Waals surface area contributed by atoms with Crippen LogP contribution >= 0.6 is 0 Å². The number of carbonyl (C=O) groups excluding carboxylic acids is 1. The van der Waals surface area contributed by atoms with Crippen molar-refractivity contribution in [2.45, 2.75) is 18.9 Å². The summed E-state index contributed by atoms with van der Waals surface area (Å²) in [6.45, 7) is 1.48. The van der Waals surface area contributed by atoms with Crippen molar-refractivity contribution in [2.24, 2.45) is 0 Å². The summed E-state index contributed by atoms with van der Waals surface area (Å²) in [5.41, 5.74) is 4.18. The highest BCUT2D eigenvalue weighted by molar-refractivity contribution is 5.88. The first kappa shape index (κ1) is 20.4. The molecule has 162 valence electrons. The highest BCUT2D eigenvalue weighted by Gasteiger charge is 2.27. The molecule has 32 heavy (non-hydrogen) atoms. The fourth-order valence-corrected chi connectivity index (χ4v) is 4.22. The molecule has 1 aliphatic heterocycles. The number of hydrogen-bond acceptors (Lipinski definition) is 3. The molecule has 2 aromatic carbocycles. The third-order valence-electron chi connectivity index (χ3n) is 5.92. The average Bonchev–Trinajstić information content (AvgIpc) is 3.24. The fraction of sp³-hybridized carbons (Fsp3) is 0.231. The van der Waals surface area contributed by atoms with Crippen molar-refractivity contribution in [3.63, 3.8) is 0 Å². The van der Waals surface area contributed by atoms with Crippen molar-refractivity contribution < 1.29 is 13.9 Å². The maximum Gasteiger partial charge on any atom is 0.227 e. The Kier molecular flexibility index (Phi) is 5.69. The molecule has 3 heterocycles. The fourth-order valence-electron chi connectivity index (χ4n) is 4.22. The predicted octanol–water partition coefficient (Wildman–Crippen LogP) is 4.44. The smallest absolute Gasteiger partial charge is 0.227 e. The van der Waals surface area contributed by atoms with E-state index in [0.717, 1.165) is 27.9 Å². The summed E-state index contributed by atoms with van der Waals surface area (Å²) in [5.74, 6) is -0.159. The number of carbonyl (C=O) groups is 1. The van der Waals surface area contributed by atoms with E-state index in [-0.39, 0.29) is 17.8 Å². The van der Waals surface area contributed by atoms with Crippen molar-refractivity contribution in [3.8, 4) is 0 Å². The number of H-pyrrole nitrogens is 1. The number of pyridine rings is 1. The zero-order chi connectivity index (χ0) is 21.9. The number of fused-ring (bicyclic) bond motifs is 1. The lowest BCUT2D eigenvalue weighted by Gasteiger charge is -2.33. The minimum Gasteiger partial charge on any atom is -0.368 e. The van der Waals surface area contributed by atoms with Gasteiger partial charge in [-0.1, -0.05) is 42.5 Å². The Balaban J connectivity index is 1.28. The first-order chi connectivity index (χ1) is 15.7. The van der Waals surface area contributed by atoms with E-state index in [4.69, 9.17) is 9.72 Å². The van der Waals surface area contributed by atoms with Gasteiger partial charge in [0.25, 0.3) is 0 Å². The third-order valence-corrected chi connectivity index (χ3v) is 5.92. The summed E-state index contributed by atoms with van der Waals surface area (Å²) in [7, 11) is 0. The number of benzene rings is 2. The lowest BCUT2D eigenvalue weighted by Crippen LogP contribution is -2.43. The number of hydrogen-bond donors (Lipinski definition) is 1. The summed E-state index contributed by atoms with van der Waals surface area (Å²) in [4.78, 5) is 22.8. The molecule has 2 aromatic heterocycles. The quantitative estimate of drug-likeness (QED) is 0.510. The summed E-state index contributed by atoms with van der Waals surface area (Å²) in [5, 5.41) is 1.08. The minimum absolute atomic E-state index is 0.0746. The Labute approximate surface area is 185 Å². The van der Waals surface area contributed by atoms with E-state index < -0.39 is 0 Å². The Morgan fingerprint density at radius 2 is 1.91 bits per heavy atom. The van der Waals surface area contributed by atoms with Gasteiger partial charge in [0.1, 0.15) is 11.9 Å². The predicted molar refractivity (Wildman–Crippen MR) is 121 cm³/mol. The van der Waals surface area contributed by atoms with E-state index in [0.29, 0.717) is 38.1 Å². The van der Waals surface area contributed by atoms with E-state index in [9.17, 15) is 9.18 Å². The van der Waals surface area contributed by atoms with Crippen LogP contribution < -0.4 is 0 Å². The largest absolute Gasteiger partial charge is 0.368 e. The Bertz CT molecular complexity index is 1250. The summed E-state index contributed by atoms with van der Waals surface area (Å²) in [6.07, 6.45) is 2.37. The maximum absolute atomic E-state index is 14.0. The lowest BCUT2D eigenvalue weighted by molar-refractivity contribution is -0.138. The van der Waals surface area contributed by atoms with Crippen LogP contribution in [0.1, 0.15) is 28.6 Å². The maximum atomic E-state index is 14.0. The molecule has 0 unspecified atom stereocenters. The first-order valence-electron chi connectivity index (χ1n) is 10.8. The molecule has 0 aliphatic carbocycles. The van der Waals surface area contributed by atoms with Gasteiger partial charge >= 0.3 is 0 Å². The van der Waals surface area contributed by atoms with E-state index in [2.05, 4.69) is 4.98 Å². The second-order valence-electron chi connectivity index (χ2n) is 8.06. The number of para-hydroxylation sites is 1. The topological polar surface area (TPSA) is 58.2 Å². The van der Waals surface area contributed by atoms with E-state index in [1.54, 1.807) is 12.1 Å². The minimum atomic E-state index is -0.295. The molecule has 1 atom stereocenters. The van der Waals surface area contributed by atoms with Gasteiger partial charge in [0.2, 0.25) is 5.91 Å². The standard InChI is InChI=1S/C26H24FN3O2/c27-22-9-3-1-6-18(22)14-20-7-5-11-24(29-20)25-17-30(12-13-32-25)26(31)15-19-16-28-23-10-4-2-8-21(19)23/h1-11,16,25,28H,12-15,17H2/t25-/m1/s1. The van der Waals surface area contributed by atoms with Gasteiger partial charge in [-0.25, -0.2) is 4.39 Å². The first-order valence-corrected chi connectivity index (χ1v) is 10.8. The molecule has 1 N–H and O–H groups in total. The van der Waals surface area contributed by atoms with E-state index >= 15 is 0 Å². The number of amides is 1. The SMILES string of the molecule is O=C(Cc1c[nH]c2ccccc12)N1CCO[C@@H](c2cccc(Cc3ccccc3F)n2)C1. The molecule has 4 aromatic rings. The molecule has 5 rings (SSSR count). The van der Waals surface area contributed by atoms with Crippen molar-refractivity contribution in [1.82, 2.24) is 14.9 Å². The number of aromatic nitrogens is 2. The second kappa shape index (κ2) is 8.93. The number of nitrogens with one attached hydrogen (secondary N) is 1. The van der Waals surface area contributed by atoms with Gasteiger partial charge in [0, 0.05) is 35.8 Å². The van der Waals surface area contributed by atoms with Crippen LogP contribution in [0.25, 0.3) is 10.9 Å². The van der Waals surface area contributed by atoms with Crippen molar-refractivity contribution in [1.29, 1.82) is 0 Å². The molecular formula is C26H24FN3O2. The van der Waals surface area contributed by atoms with Gasteiger partial charge in [-0.3, -0.25) is 9.78 Å². The van der Waals surface area contributed by atoms with Crippen LogP contribution in [0.2, 0.25) is 0 Å². The highest BCUT2D eigenvalue weighted by Crippen LogP contribution is 2.24. The second-order valence-corrected chi connectivity index (χ2v) is 8.06. The van der Waals surface area contributed by atoms with Crippen molar-refractivity contribution in [3.05, 3.63) is 101 Å². The van der Waals surface area contributed by atoms with Crippen LogP contribution in [0, 0.1) is 5.82 Å². The van der Waals surface area contributed by atoms with Crippen LogP contribution in [0.5, 0.6) is 0 Å². The number of ether oxygens (including phenoxy) is 1. The van der Waals surface area contributed by atoms with Crippen molar-refractivity contribution in [2.75, 3.05) is 19.7 Å². The zero-order valence-corrected chi connectivity index (χ0v) is 17.6. The van der Waals surface area contributed by atoms with Crippen LogP contribution in [-0.4, -0.2) is 40.5 Å². The number of aromatic amines is 1. The van der Waals surface area contributed by atoms with Gasteiger partial charge in [0.15, 0.2) is 0 Å². The normalized spacial score (nSPS) is 16.4. The summed E-state index contributed by atoms with van der Waals surface area (Å²) < 4.78 is 20.0. The number of nitrogens with zero attached hydrogens (tertiary/aromatic N) is 2. The zero-order valence-electron chi connectivity index (χ0n) is 17.6. The molecule has 1 saturated heterocycles. The van der Waals surface area contributed by atoms with Gasteiger partial charge in [-0.2, -0.15) is 0 Å². The number of rotatable bonds is 5. The van der Waals surface area contributed by atoms with Crippen LogP contribution in [-0.2, 0) is 22.4 Å². The summed E-state index contributed by atoms with van der Waals surface area (Å²) >= 11 is 0. The van der Waals surface area contributed by atoms with Crippen LogP contribution in [0.3, 0.4) is 0 Å². The number of morpholine rings is 1. The van der Waals surface area contributed by atoms with Gasteiger partial charge in [0.05, 0.1) is 25.3 Å². The third kappa shape index (κ3) is 4.27. The molecular weight excluding hydrogens is 405 g/mol. The van der Waals surface area contributed by atoms with Crippen LogP contribution in [0.4, 0.5) is 4.39 Å². The Hall–Kier alpha value is -3.51. The molecule has 0 saturated carbocycles. The van der Waals surface area contributed by atoms with Crippen molar-refractivity contribution >= 4 is 16.8 Å². The highest BCUT2D eigenvalue weighted by atomic mass is 19.1. The molecule has 1 fully saturated rings.